The largest absolute Gasteiger partial charge is 0.454 e. The predicted octanol–water partition coefficient (Wildman–Crippen LogP) is 5.54. The van der Waals surface area contributed by atoms with Gasteiger partial charge >= 0.3 is 0 Å². The monoisotopic (exact) mass is 346 g/mol. The molecular weight excluding hydrogens is 332 g/mol. The Morgan fingerprint density at radius 3 is 2.92 bits per heavy atom. The fraction of sp³-hybridized carbons (Fsp3) is 0.0952. The van der Waals surface area contributed by atoms with Crippen molar-refractivity contribution in [2.24, 2.45) is 4.99 Å². The molecule has 0 saturated carbocycles. The summed E-state index contributed by atoms with van der Waals surface area (Å²) < 4.78 is 8.26. The molecule has 0 atom stereocenters. The van der Waals surface area contributed by atoms with Crippen molar-refractivity contribution in [3.8, 4) is 5.69 Å². The van der Waals surface area contributed by atoms with E-state index in [1.165, 1.54) is 16.8 Å². The van der Waals surface area contributed by atoms with E-state index in [0.29, 0.717) is 11.6 Å². The molecule has 0 amide bonds. The van der Waals surface area contributed by atoms with Gasteiger partial charge in [-0.15, -0.1) is 0 Å². The molecule has 5 rings (SSSR count). The first kappa shape index (κ1) is 14.6. The molecule has 0 unspecified atom stereocenters. The molecule has 3 heterocycles. The van der Waals surface area contributed by atoms with Crippen LogP contribution in [-0.2, 0) is 6.54 Å². The van der Waals surface area contributed by atoms with Gasteiger partial charge in [0.15, 0.2) is 5.76 Å². The van der Waals surface area contributed by atoms with Gasteiger partial charge < -0.3 is 8.98 Å². The van der Waals surface area contributed by atoms with E-state index in [0.717, 1.165) is 28.1 Å². The van der Waals surface area contributed by atoms with Crippen molar-refractivity contribution < 1.29 is 4.42 Å². The third-order valence-electron chi connectivity index (χ3n) is 4.74. The number of benzene rings is 2. The van der Waals surface area contributed by atoms with Gasteiger partial charge in [-0.05, 0) is 55.0 Å². The Bertz CT molecular complexity index is 1150. The summed E-state index contributed by atoms with van der Waals surface area (Å²) in [5.74, 6) is 0.766. The molecule has 0 bridgehead atoms. The van der Waals surface area contributed by atoms with Gasteiger partial charge in [0.25, 0.3) is 0 Å². The third kappa shape index (κ3) is 2.24. The van der Waals surface area contributed by atoms with Crippen molar-refractivity contribution in [2.45, 2.75) is 13.5 Å². The van der Waals surface area contributed by atoms with Gasteiger partial charge in [-0.25, -0.2) is 0 Å². The lowest BCUT2D eigenvalue weighted by molar-refractivity contribution is 0.604. The Balaban J connectivity index is 1.73. The van der Waals surface area contributed by atoms with Crippen LogP contribution >= 0.6 is 11.6 Å². The highest BCUT2D eigenvalue weighted by Crippen LogP contribution is 2.30. The first-order valence-corrected chi connectivity index (χ1v) is 8.59. The zero-order valence-electron chi connectivity index (χ0n) is 13.7. The Morgan fingerprint density at radius 1 is 1.08 bits per heavy atom. The number of furan rings is 1. The fourth-order valence-electron chi connectivity index (χ4n) is 3.48. The number of aliphatic imine (C=N–C) groups is 1. The highest BCUT2D eigenvalue weighted by Gasteiger charge is 2.21. The summed E-state index contributed by atoms with van der Waals surface area (Å²) in [4.78, 5) is 4.90. The normalized spacial score (nSPS) is 13.3. The third-order valence-corrected chi connectivity index (χ3v) is 4.98. The first-order chi connectivity index (χ1) is 12.2. The smallest absolute Gasteiger partial charge is 0.155 e. The Hall–Kier alpha value is -2.78. The summed E-state index contributed by atoms with van der Waals surface area (Å²) in [5.41, 5.74) is 6.39. The van der Waals surface area contributed by atoms with Gasteiger partial charge in [0.1, 0.15) is 11.3 Å². The lowest BCUT2D eigenvalue weighted by Gasteiger charge is -2.11. The van der Waals surface area contributed by atoms with Crippen LogP contribution in [0, 0.1) is 6.92 Å². The summed E-state index contributed by atoms with van der Waals surface area (Å²) >= 11 is 6.11. The maximum Gasteiger partial charge on any atom is 0.155 e. The first-order valence-electron chi connectivity index (χ1n) is 8.21. The van der Waals surface area contributed by atoms with Crippen LogP contribution in [0.1, 0.15) is 22.6 Å². The minimum atomic E-state index is 0.636. The number of hydrogen-bond donors (Lipinski definition) is 0. The lowest BCUT2D eigenvalue weighted by Crippen LogP contribution is -2.07. The maximum atomic E-state index is 6.11. The average molecular weight is 347 g/mol. The number of fused-ring (bicyclic) bond motifs is 4. The molecule has 122 valence electrons. The number of aromatic nitrogens is 1. The second-order valence-electron chi connectivity index (χ2n) is 6.29. The molecule has 0 fully saturated rings. The summed E-state index contributed by atoms with van der Waals surface area (Å²) in [6.45, 7) is 2.77. The topological polar surface area (TPSA) is 30.4 Å². The number of nitrogens with zero attached hydrogens (tertiary/aromatic N) is 2. The standard InChI is InChI=1S/C21H15ClN2O/c1-13-4-2-5-17-16(13)12-23-21(18-6-3-9-24(17)18)20-11-14-10-15(22)7-8-19(14)25-20/h2-11H,12H2,1H3. The van der Waals surface area contributed by atoms with E-state index >= 15 is 0 Å². The molecule has 1 aliphatic rings. The van der Waals surface area contributed by atoms with Gasteiger partial charge in [-0.3, -0.25) is 4.99 Å². The minimum Gasteiger partial charge on any atom is -0.454 e. The summed E-state index contributed by atoms with van der Waals surface area (Å²) in [7, 11) is 0. The second kappa shape index (κ2) is 5.36. The molecular formula is C21H15ClN2O. The van der Waals surface area contributed by atoms with Crippen LogP contribution in [0.5, 0.6) is 0 Å². The Kier molecular flexibility index (Phi) is 3.12. The molecule has 4 aromatic rings. The zero-order chi connectivity index (χ0) is 17.0. The van der Waals surface area contributed by atoms with Crippen LogP contribution in [0.25, 0.3) is 16.7 Å². The molecule has 0 N–H and O–H groups in total. The van der Waals surface area contributed by atoms with E-state index in [1.54, 1.807) is 0 Å². The van der Waals surface area contributed by atoms with Gasteiger partial charge in [-0.2, -0.15) is 0 Å². The molecule has 0 aliphatic carbocycles. The summed E-state index contributed by atoms with van der Waals surface area (Å²) in [5, 5.41) is 1.69. The Labute approximate surface area is 150 Å². The molecule has 0 saturated heterocycles. The Morgan fingerprint density at radius 2 is 2.00 bits per heavy atom. The van der Waals surface area contributed by atoms with Crippen molar-refractivity contribution in [1.29, 1.82) is 0 Å². The molecule has 0 radical (unpaired) electrons. The highest BCUT2D eigenvalue weighted by molar-refractivity contribution is 6.31. The van der Waals surface area contributed by atoms with Crippen molar-refractivity contribution in [2.75, 3.05) is 0 Å². The van der Waals surface area contributed by atoms with Crippen molar-refractivity contribution in [3.63, 3.8) is 0 Å². The summed E-state index contributed by atoms with van der Waals surface area (Å²) in [6, 6.07) is 18.2. The molecule has 0 spiro atoms. The lowest BCUT2D eigenvalue weighted by atomic mass is 10.1. The molecule has 2 aromatic carbocycles. The molecule has 1 aliphatic heterocycles. The SMILES string of the molecule is Cc1cccc2c1CN=C(c1cc3cc(Cl)ccc3o1)c1cccn1-2. The van der Waals surface area contributed by atoms with Gasteiger partial charge in [0.05, 0.1) is 17.9 Å². The second-order valence-corrected chi connectivity index (χ2v) is 6.73. The van der Waals surface area contributed by atoms with Crippen LogP contribution < -0.4 is 0 Å². The van der Waals surface area contributed by atoms with E-state index in [9.17, 15) is 0 Å². The fourth-order valence-corrected chi connectivity index (χ4v) is 3.66. The maximum absolute atomic E-state index is 6.11. The number of aryl methyl sites for hydroxylation is 1. The quantitative estimate of drug-likeness (QED) is 0.445. The van der Waals surface area contributed by atoms with Crippen LogP contribution in [0.15, 0.2) is 70.2 Å². The molecule has 2 aromatic heterocycles. The minimum absolute atomic E-state index is 0.636. The van der Waals surface area contributed by atoms with Crippen LogP contribution in [0.3, 0.4) is 0 Å². The average Bonchev–Trinajstić information content (AvgIpc) is 3.20. The van der Waals surface area contributed by atoms with Gasteiger partial charge in [-0.1, -0.05) is 23.7 Å². The van der Waals surface area contributed by atoms with E-state index < -0.39 is 0 Å². The van der Waals surface area contributed by atoms with Crippen LogP contribution in [0.4, 0.5) is 0 Å². The van der Waals surface area contributed by atoms with Gasteiger partial charge in [0.2, 0.25) is 0 Å². The van der Waals surface area contributed by atoms with Gasteiger partial charge in [0, 0.05) is 22.2 Å². The number of halogens is 1. The van der Waals surface area contributed by atoms with E-state index in [-0.39, 0.29) is 0 Å². The van der Waals surface area contributed by atoms with E-state index in [2.05, 4.69) is 42.0 Å². The molecule has 25 heavy (non-hydrogen) atoms. The predicted molar refractivity (Wildman–Crippen MR) is 101 cm³/mol. The molecule has 3 nitrogen and oxygen atoms in total. The zero-order valence-corrected chi connectivity index (χ0v) is 14.4. The molecule has 4 heteroatoms. The van der Waals surface area contributed by atoms with E-state index in [4.69, 9.17) is 21.0 Å². The highest BCUT2D eigenvalue weighted by atomic mass is 35.5. The number of hydrogen-bond acceptors (Lipinski definition) is 2. The van der Waals surface area contributed by atoms with Crippen molar-refractivity contribution >= 4 is 28.3 Å². The van der Waals surface area contributed by atoms with Crippen molar-refractivity contribution in [1.82, 2.24) is 4.57 Å². The summed E-state index contributed by atoms with van der Waals surface area (Å²) in [6.07, 6.45) is 2.08. The van der Waals surface area contributed by atoms with Crippen molar-refractivity contribution in [3.05, 3.63) is 88.4 Å². The van der Waals surface area contributed by atoms with Crippen LogP contribution in [0.2, 0.25) is 5.02 Å². The van der Waals surface area contributed by atoms with Crippen LogP contribution in [-0.4, -0.2) is 10.3 Å². The number of rotatable bonds is 1. The van der Waals surface area contributed by atoms with E-state index in [1.807, 2.05) is 30.3 Å².